The summed E-state index contributed by atoms with van der Waals surface area (Å²) >= 11 is 0. The summed E-state index contributed by atoms with van der Waals surface area (Å²) in [6, 6.07) is 20.4. The molecule has 10 heteroatoms. The number of amides is 3. The van der Waals surface area contributed by atoms with Crippen molar-refractivity contribution >= 4 is 24.0 Å². The largest absolute Gasteiger partial charge is 0.447 e. The fraction of sp³-hybridized carbons (Fsp3) is 0.258. The highest BCUT2D eigenvalue weighted by Crippen LogP contribution is 2.38. The van der Waals surface area contributed by atoms with E-state index in [1.165, 1.54) is 21.9 Å². The zero-order valence-corrected chi connectivity index (χ0v) is 22.1. The average molecular weight is 564 g/mol. The van der Waals surface area contributed by atoms with Crippen LogP contribution < -0.4 is 5.32 Å². The average Bonchev–Trinajstić information content (AvgIpc) is 3.34. The summed E-state index contributed by atoms with van der Waals surface area (Å²) in [5, 5.41) is 2.64. The first kappa shape index (κ1) is 27.9. The van der Waals surface area contributed by atoms with Crippen molar-refractivity contribution in [1.82, 2.24) is 15.1 Å². The highest BCUT2D eigenvalue weighted by Gasteiger charge is 2.57. The zero-order valence-electron chi connectivity index (χ0n) is 22.1. The van der Waals surface area contributed by atoms with Crippen LogP contribution in [0.1, 0.15) is 35.2 Å². The highest BCUT2D eigenvalue weighted by atomic mass is 19.4. The Hall–Kier alpha value is -4.60. The molecule has 4 atom stereocenters. The Balaban J connectivity index is 1.37. The first-order valence-corrected chi connectivity index (χ1v) is 13.1. The van der Waals surface area contributed by atoms with Gasteiger partial charge < -0.3 is 15.0 Å². The van der Waals surface area contributed by atoms with Crippen LogP contribution in [0.2, 0.25) is 0 Å². The number of β-lactam (4-membered cyclic amide) rings is 1. The molecular weight excluding hydrogens is 535 g/mol. The molecule has 3 unspecified atom stereocenters. The molecule has 3 aromatic rings. The number of carbonyl (C=O) groups is 3. The second-order valence-electron chi connectivity index (χ2n) is 9.95. The Labute approximate surface area is 235 Å². The van der Waals surface area contributed by atoms with Gasteiger partial charge in [0.15, 0.2) is 0 Å². The number of halogens is 3. The number of benzene rings is 3. The third-order valence-corrected chi connectivity index (χ3v) is 7.35. The molecule has 2 heterocycles. The summed E-state index contributed by atoms with van der Waals surface area (Å²) < 4.78 is 44.6. The SMILES string of the molecule is C[C@@H](C(=O)NCc1cccc(C(F)(F)F)c1)N1C(=O)C(N2C(=O)OCC2c2ccccc2)C1/C=C/c1ccccc1. The minimum Gasteiger partial charge on any atom is -0.447 e. The molecule has 0 saturated carbocycles. The van der Waals surface area contributed by atoms with Crippen LogP contribution in [-0.4, -0.2) is 52.4 Å². The van der Waals surface area contributed by atoms with Gasteiger partial charge in [-0.25, -0.2) is 4.79 Å². The van der Waals surface area contributed by atoms with Gasteiger partial charge in [-0.05, 0) is 35.7 Å². The Bertz CT molecular complexity index is 1450. The fourth-order valence-electron chi connectivity index (χ4n) is 5.21. The van der Waals surface area contributed by atoms with E-state index in [1.54, 1.807) is 13.0 Å². The molecule has 3 aromatic carbocycles. The van der Waals surface area contributed by atoms with Crippen molar-refractivity contribution in [3.63, 3.8) is 0 Å². The van der Waals surface area contributed by atoms with Gasteiger partial charge in [-0.2, -0.15) is 13.2 Å². The molecule has 0 bridgehead atoms. The van der Waals surface area contributed by atoms with Crippen molar-refractivity contribution in [2.45, 2.75) is 43.8 Å². The van der Waals surface area contributed by atoms with Crippen molar-refractivity contribution in [3.05, 3.63) is 113 Å². The fourth-order valence-corrected chi connectivity index (χ4v) is 5.21. The number of alkyl halides is 3. The Morgan fingerprint density at radius 2 is 1.71 bits per heavy atom. The molecule has 2 fully saturated rings. The standard InChI is InChI=1S/C31H28F3N3O4/c1-20(28(38)35-18-22-11-8-14-24(17-22)31(32,33)34)36-25(16-15-21-9-4-2-5-10-21)27(29(36)39)37-26(19-41-30(37)40)23-12-6-3-7-13-23/h2-17,20,25-27H,18-19H2,1H3,(H,35,38)/b16-15+/t20-,25?,26?,27?/m0/s1. The highest BCUT2D eigenvalue weighted by molar-refractivity contribution is 5.98. The zero-order chi connectivity index (χ0) is 29.1. The number of hydrogen-bond donors (Lipinski definition) is 1. The van der Waals surface area contributed by atoms with Crippen LogP contribution in [0, 0.1) is 0 Å². The number of cyclic esters (lactones) is 1. The summed E-state index contributed by atoms with van der Waals surface area (Å²) in [4.78, 5) is 42.4. The van der Waals surface area contributed by atoms with Crippen molar-refractivity contribution in [2.24, 2.45) is 0 Å². The summed E-state index contributed by atoms with van der Waals surface area (Å²) in [6.07, 6.45) is -1.51. The van der Waals surface area contributed by atoms with E-state index >= 15 is 0 Å². The van der Waals surface area contributed by atoms with Gasteiger partial charge >= 0.3 is 12.3 Å². The van der Waals surface area contributed by atoms with E-state index in [0.29, 0.717) is 0 Å². The molecule has 0 spiro atoms. The van der Waals surface area contributed by atoms with Crippen LogP contribution >= 0.6 is 0 Å². The summed E-state index contributed by atoms with van der Waals surface area (Å²) in [6.45, 7) is 1.50. The van der Waals surface area contributed by atoms with Crippen molar-refractivity contribution in [2.75, 3.05) is 6.61 Å². The molecule has 212 valence electrons. The van der Waals surface area contributed by atoms with E-state index in [-0.39, 0.29) is 18.7 Å². The topological polar surface area (TPSA) is 79.0 Å². The predicted molar refractivity (Wildman–Crippen MR) is 145 cm³/mol. The summed E-state index contributed by atoms with van der Waals surface area (Å²) in [5.41, 5.74) is 1.16. The minimum atomic E-state index is -4.50. The molecule has 0 aliphatic carbocycles. The first-order valence-electron chi connectivity index (χ1n) is 13.1. The Kier molecular flexibility index (Phi) is 7.83. The van der Waals surface area contributed by atoms with Crippen molar-refractivity contribution in [3.8, 4) is 0 Å². The molecule has 0 aromatic heterocycles. The molecular formula is C31H28F3N3O4. The molecule has 2 saturated heterocycles. The van der Waals surface area contributed by atoms with Gasteiger partial charge in [0, 0.05) is 6.54 Å². The monoisotopic (exact) mass is 563 g/mol. The second-order valence-corrected chi connectivity index (χ2v) is 9.95. The number of rotatable bonds is 8. The molecule has 0 radical (unpaired) electrons. The number of hydrogen-bond acceptors (Lipinski definition) is 4. The molecule has 5 rings (SSSR count). The number of carbonyl (C=O) groups excluding carboxylic acids is 3. The van der Waals surface area contributed by atoms with E-state index in [4.69, 9.17) is 4.74 Å². The van der Waals surface area contributed by atoms with Gasteiger partial charge in [-0.1, -0.05) is 84.9 Å². The lowest BCUT2D eigenvalue weighted by Gasteiger charge is -2.51. The molecule has 2 aliphatic heterocycles. The first-order chi connectivity index (χ1) is 19.6. The lowest BCUT2D eigenvalue weighted by Crippen LogP contribution is -2.73. The van der Waals surface area contributed by atoms with Crippen molar-refractivity contribution < 1.29 is 32.3 Å². The Morgan fingerprint density at radius 1 is 1.02 bits per heavy atom. The lowest BCUT2D eigenvalue weighted by atomic mass is 9.88. The smallest absolute Gasteiger partial charge is 0.416 e. The Morgan fingerprint density at radius 3 is 2.39 bits per heavy atom. The second kappa shape index (κ2) is 11.5. The normalized spacial score (nSPS) is 21.5. The van der Waals surface area contributed by atoms with Crippen molar-refractivity contribution in [1.29, 1.82) is 0 Å². The summed E-state index contributed by atoms with van der Waals surface area (Å²) in [7, 11) is 0. The van der Waals surface area contributed by atoms with E-state index in [0.717, 1.165) is 23.3 Å². The van der Waals surface area contributed by atoms with Gasteiger partial charge in [0.1, 0.15) is 18.7 Å². The van der Waals surface area contributed by atoms with Crippen LogP contribution in [0.25, 0.3) is 6.08 Å². The van der Waals surface area contributed by atoms with Gasteiger partial charge in [-0.15, -0.1) is 0 Å². The van der Waals surface area contributed by atoms with Crippen LogP contribution in [0.15, 0.2) is 91.0 Å². The maximum absolute atomic E-state index is 13.6. The van der Waals surface area contributed by atoms with Crippen LogP contribution in [-0.2, 0) is 27.0 Å². The summed E-state index contributed by atoms with van der Waals surface area (Å²) in [5.74, 6) is -0.954. The number of nitrogens with one attached hydrogen (secondary N) is 1. The molecule has 2 aliphatic rings. The van der Waals surface area contributed by atoms with Gasteiger partial charge in [-0.3, -0.25) is 14.5 Å². The van der Waals surface area contributed by atoms with E-state index in [1.807, 2.05) is 66.7 Å². The molecule has 41 heavy (non-hydrogen) atoms. The third kappa shape index (κ3) is 5.82. The van der Waals surface area contributed by atoms with Crippen LogP contribution in [0.3, 0.4) is 0 Å². The van der Waals surface area contributed by atoms with Gasteiger partial charge in [0.05, 0.1) is 17.6 Å². The maximum atomic E-state index is 13.6. The quantitative estimate of drug-likeness (QED) is 0.383. The van der Waals surface area contributed by atoms with Gasteiger partial charge in [0.25, 0.3) is 0 Å². The maximum Gasteiger partial charge on any atom is 0.416 e. The third-order valence-electron chi connectivity index (χ3n) is 7.35. The minimum absolute atomic E-state index is 0.0920. The molecule has 3 amide bonds. The van der Waals surface area contributed by atoms with Gasteiger partial charge in [0.2, 0.25) is 11.8 Å². The number of nitrogens with zero attached hydrogens (tertiary/aromatic N) is 2. The van der Waals surface area contributed by atoms with Crippen LogP contribution in [0.4, 0.5) is 18.0 Å². The number of likely N-dealkylation sites (tertiary alicyclic amines) is 1. The molecule has 7 nitrogen and oxygen atoms in total. The van der Waals surface area contributed by atoms with Crippen LogP contribution in [0.5, 0.6) is 0 Å². The lowest BCUT2D eigenvalue weighted by molar-refractivity contribution is -0.162. The van der Waals surface area contributed by atoms with E-state index < -0.39 is 53.8 Å². The van der Waals surface area contributed by atoms with E-state index in [9.17, 15) is 27.6 Å². The van der Waals surface area contributed by atoms with E-state index in [2.05, 4.69) is 5.32 Å². The number of ether oxygens (including phenoxy) is 1. The molecule has 1 N–H and O–H groups in total. The predicted octanol–water partition coefficient (Wildman–Crippen LogP) is 5.20.